The van der Waals surface area contributed by atoms with Gasteiger partial charge in [-0.05, 0) is 17.2 Å². The first kappa shape index (κ1) is 12.7. The van der Waals surface area contributed by atoms with Crippen LogP contribution in [-0.4, -0.2) is 22.1 Å². The molecule has 1 unspecified atom stereocenters. The molecular weight excluding hydrogens is 211 g/mol. The van der Waals surface area contributed by atoms with Crippen molar-refractivity contribution in [3.8, 4) is 0 Å². The van der Waals surface area contributed by atoms with Crippen LogP contribution in [-0.2, 0) is 4.65 Å². The summed E-state index contributed by atoms with van der Waals surface area (Å²) in [4.78, 5) is 0. The van der Waals surface area contributed by atoms with Gasteiger partial charge in [0.15, 0.2) is 0 Å². The van der Waals surface area contributed by atoms with E-state index < -0.39 is 8.07 Å². The lowest BCUT2D eigenvalue weighted by molar-refractivity contribution is 0.393. The molecule has 3 heteroatoms. The van der Waals surface area contributed by atoms with Gasteiger partial charge in [0.25, 0.3) is 6.92 Å². The molecule has 1 nitrogen and oxygen atoms in total. The Kier molecular flexibility index (Phi) is 3.85. The molecule has 0 aromatic rings. The van der Waals surface area contributed by atoms with E-state index in [1.54, 1.807) is 0 Å². The van der Waals surface area contributed by atoms with Crippen LogP contribution in [0.1, 0.15) is 38.5 Å². The standard InChI is InChI=1S/C13H27BOSi/c1-15-14-12-9-5-7-11(8-6-10-12)13(14)16(2,3)4/h11-13H,5-10H2,1-4H3. The maximum atomic E-state index is 5.96. The smallest absolute Gasteiger partial charge is 0.296 e. The Morgan fingerprint density at radius 1 is 1.00 bits per heavy atom. The van der Waals surface area contributed by atoms with Crippen LogP contribution in [0.2, 0.25) is 30.9 Å². The lowest BCUT2D eigenvalue weighted by Crippen LogP contribution is -2.44. The fourth-order valence-corrected chi connectivity index (χ4v) is 7.50. The zero-order chi connectivity index (χ0) is 11.8. The summed E-state index contributed by atoms with van der Waals surface area (Å²) in [6.07, 6.45) is 8.72. The van der Waals surface area contributed by atoms with Gasteiger partial charge in [0.1, 0.15) is 0 Å². The summed E-state index contributed by atoms with van der Waals surface area (Å²) in [6, 6.07) is 0. The zero-order valence-corrected chi connectivity index (χ0v) is 12.5. The van der Waals surface area contributed by atoms with Gasteiger partial charge in [-0.15, -0.1) is 0 Å². The molecule has 2 fully saturated rings. The monoisotopic (exact) mass is 238 g/mol. The van der Waals surface area contributed by atoms with Crippen LogP contribution < -0.4 is 0 Å². The zero-order valence-electron chi connectivity index (χ0n) is 11.5. The highest BCUT2D eigenvalue weighted by atomic mass is 28.3. The van der Waals surface area contributed by atoms with Gasteiger partial charge >= 0.3 is 0 Å². The second-order valence-electron chi connectivity index (χ2n) is 6.97. The Balaban J connectivity index is 2.29. The van der Waals surface area contributed by atoms with Crippen molar-refractivity contribution >= 4 is 15.0 Å². The van der Waals surface area contributed by atoms with Crippen LogP contribution in [0, 0.1) is 5.92 Å². The van der Waals surface area contributed by atoms with Gasteiger partial charge in [-0.25, -0.2) is 0 Å². The Hall–Kier alpha value is 0.242. The van der Waals surface area contributed by atoms with Gasteiger partial charge in [-0.3, -0.25) is 0 Å². The Morgan fingerprint density at radius 3 is 2.00 bits per heavy atom. The summed E-state index contributed by atoms with van der Waals surface area (Å²) in [7, 11) is 0.873. The second kappa shape index (κ2) is 4.85. The topological polar surface area (TPSA) is 9.23 Å². The molecule has 0 aliphatic carbocycles. The molecule has 0 aromatic heterocycles. The molecule has 92 valence electrons. The molecule has 16 heavy (non-hydrogen) atoms. The van der Waals surface area contributed by atoms with Crippen LogP contribution >= 0.6 is 0 Å². The van der Waals surface area contributed by atoms with Crippen LogP contribution in [0.3, 0.4) is 0 Å². The molecule has 2 rings (SSSR count). The third-order valence-corrected chi connectivity index (χ3v) is 7.70. The molecule has 0 radical (unpaired) electrons. The van der Waals surface area contributed by atoms with Crippen molar-refractivity contribution in [3.05, 3.63) is 0 Å². The first-order valence-electron chi connectivity index (χ1n) is 7.07. The van der Waals surface area contributed by atoms with E-state index in [-0.39, 0.29) is 0 Å². The molecule has 0 spiro atoms. The minimum Gasteiger partial charge on any atom is -0.438 e. The predicted octanol–water partition coefficient (Wildman–Crippen LogP) is 4.23. The van der Waals surface area contributed by atoms with Crippen molar-refractivity contribution in [1.82, 2.24) is 0 Å². The average molecular weight is 238 g/mol. The largest absolute Gasteiger partial charge is 0.438 e. The highest BCUT2D eigenvalue weighted by molar-refractivity contribution is 6.88. The fourth-order valence-electron chi connectivity index (χ4n) is 4.36. The molecule has 2 aliphatic heterocycles. The third kappa shape index (κ3) is 2.40. The number of fused-ring (bicyclic) bond motifs is 3. The van der Waals surface area contributed by atoms with Crippen LogP contribution in [0.15, 0.2) is 0 Å². The minimum absolute atomic E-state index is 0.585. The molecule has 0 N–H and O–H groups in total. The van der Waals surface area contributed by atoms with E-state index in [1.807, 2.05) is 7.11 Å². The van der Waals surface area contributed by atoms with Crippen LogP contribution in [0.25, 0.3) is 0 Å². The van der Waals surface area contributed by atoms with E-state index in [1.165, 1.54) is 38.5 Å². The van der Waals surface area contributed by atoms with Gasteiger partial charge in [-0.1, -0.05) is 58.2 Å². The number of hydrogen-bond donors (Lipinski definition) is 0. The van der Waals surface area contributed by atoms with Gasteiger partial charge in [-0.2, -0.15) is 0 Å². The molecule has 0 aromatic carbocycles. The first-order valence-corrected chi connectivity index (χ1v) is 10.6. The lowest BCUT2D eigenvalue weighted by atomic mass is 9.51. The molecule has 0 saturated carbocycles. The van der Waals surface area contributed by atoms with E-state index in [9.17, 15) is 0 Å². The van der Waals surface area contributed by atoms with E-state index in [0.29, 0.717) is 6.92 Å². The maximum absolute atomic E-state index is 5.96. The maximum Gasteiger partial charge on any atom is 0.296 e. The minimum atomic E-state index is -1.08. The van der Waals surface area contributed by atoms with Gasteiger partial charge in [0, 0.05) is 15.2 Å². The van der Waals surface area contributed by atoms with Crippen molar-refractivity contribution in [2.24, 2.45) is 5.92 Å². The highest BCUT2D eigenvalue weighted by Gasteiger charge is 2.48. The van der Waals surface area contributed by atoms with E-state index in [2.05, 4.69) is 19.6 Å². The summed E-state index contributed by atoms with van der Waals surface area (Å²) in [5.74, 6) is 1.85. The summed E-state index contributed by atoms with van der Waals surface area (Å²) < 4.78 is 5.96. The predicted molar refractivity (Wildman–Crippen MR) is 74.8 cm³/mol. The van der Waals surface area contributed by atoms with Gasteiger partial charge in [0.2, 0.25) is 0 Å². The summed E-state index contributed by atoms with van der Waals surface area (Å²) in [6.45, 7) is 8.22. The molecule has 2 bridgehead atoms. The fraction of sp³-hybridized carbons (Fsp3) is 1.00. The van der Waals surface area contributed by atoms with Gasteiger partial charge < -0.3 is 4.65 Å². The Labute approximate surface area is 102 Å². The van der Waals surface area contributed by atoms with Crippen molar-refractivity contribution in [3.63, 3.8) is 0 Å². The van der Waals surface area contributed by atoms with Crippen molar-refractivity contribution in [2.75, 3.05) is 7.11 Å². The molecule has 2 aliphatic rings. The lowest BCUT2D eigenvalue weighted by Gasteiger charge is -2.37. The third-order valence-electron chi connectivity index (χ3n) is 4.90. The quantitative estimate of drug-likeness (QED) is 0.654. The Morgan fingerprint density at radius 2 is 1.56 bits per heavy atom. The molecule has 1 atom stereocenters. The highest BCUT2D eigenvalue weighted by Crippen LogP contribution is 2.50. The van der Waals surface area contributed by atoms with E-state index in [0.717, 1.165) is 17.2 Å². The van der Waals surface area contributed by atoms with Crippen molar-refractivity contribution in [1.29, 1.82) is 0 Å². The Bertz CT molecular complexity index is 229. The number of rotatable bonds is 2. The summed E-state index contributed by atoms with van der Waals surface area (Å²) in [5.41, 5.74) is 0.910. The summed E-state index contributed by atoms with van der Waals surface area (Å²) >= 11 is 0. The van der Waals surface area contributed by atoms with Crippen molar-refractivity contribution < 1.29 is 4.65 Å². The number of hydrogen-bond acceptors (Lipinski definition) is 1. The van der Waals surface area contributed by atoms with E-state index in [4.69, 9.17) is 4.65 Å². The summed E-state index contributed by atoms with van der Waals surface area (Å²) in [5, 5.41) is 0. The molecule has 2 heterocycles. The van der Waals surface area contributed by atoms with Crippen LogP contribution in [0.4, 0.5) is 0 Å². The second-order valence-corrected chi connectivity index (χ2v) is 12.4. The molecular formula is C13H27BOSi. The molecule has 0 amide bonds. The first-order chi connectivity index (χ1) is 7.54. The normalized spacial score (nSPS) is 36.0. The SMILES string of the molecule is COB1C2CCCC(CCC2)C1[Si](C)(C)C. The van der Waals surface area contributed by atoms with E-state index >= 15 is 0 Å². The van der Waals surface area contributed by atoms with Crippen molar-refractivity contribution in [2.45, 2.75) is 69.4 Å². The average Bonchev–Trinajstić information content (AvgIpc) is 2.42. The van der Waals surface area contributed by atoms with Gasteiger partial charge in [0.05, 0.1) is 0 Å². The molecule has 2 saturated heterocycles. The van der Waals surface area contributed by atoms with Crippen LogP contribution in [0.5, 0.6) is 0 Å².